The molecule has 0 radical (unpaired) electrons. The number of Topliss-reactive ketones (excluding diaryl/α,β-unsaturated/α-hetero) is 1. The van der Waals surface area contributed by atoms with Gasteiger partial charge in [-0.1, -0.05) is 15.9 Å². The van der Waals surface area contributed by atoms with Crippen LogP contribution in [0.2, 0.25) is 0 Å². The first-order valence-corrected chi connectivity index (χ1v) is 7.33. The van der Waals surface area contributed by atoms with Gasteiger partial charge >= 0.3 is 0 Å². The van der Waals surface area contributed by atoms with Crippen LogP contribution in [0.4, 0.5) is 4.39 Å². The molecule has 19 heavy (non-hydrogen) atoms. The van der Waals surface area contributed by atoms with Gasteiger partial charge in [-0.25, -0.2) is 4.39 Å². The molecule has 3 nitrogen and oxygen atoms in total. The first-order valence-electron chi connectivity index (χ1n) is 6.54. The average molecular weight is 329 g/mol. The lowest BCUT2D eigenvalue weighted by Crippen LogP contribution is -2.33. The number of rotatable bonds is 4. The lowest BCUT2D eigenvalue weighted by Gasteiger charge is -2.18. The molecule has 2 rings (SSSR count). The summed E-state index contributed by atoms with van der Waals surface area (Å²) in [5.41, 5.74) is 0.720. The Labute approximate surface area is 121 Å². The first-order chi connectivity index (χ1) is 9.15. The molecule has 104 valence electrons. The number of carbonyl (C=O) groups excluding carboxylic acids is 1. The van der Waals surface area contributed by atoms with Crippen molar-refractivity contribution in [3.05, 3.63) is 34.1 Å². The van der Waals surface area contributed by atoms with Crippen LogP contribution in [0.1, 0.15) is 12.0 Å². The molecule has 1 aromatic carbocycles. The summed E-state index contributed by atoms with van der Waals surface area (Å²) in [5.74, 6) is -0.168. The van der Waals surface area contributed by atoms with Crippen LogP contribution in [0.15, 0.2) is 22.7 Å². The van der Waals surface area contributed by atoms with Gasteiger partial charge in [-0.15, -0.1) is 0 Å². The molecule has 0 unspecified atom stereocenters. The first kappa shape index (κ1) is 14.6. The Morgan fingerprint density at radius 3 is 3.05 bits per heavy atom. The molecule has 1 aliphatic heterocycles. The number of benzene rings is 1. The van der Waals surface area contributed by atoms with E-state index in [9.17, 15) is 9.18 Å². The standard InChI is InChI=1S/C14H18BrFN2O/c15-14-3-2-12(16)8-11(14)9-13(19)10-18-6-1-4-17-5-7-18/h2-3,8,17H,1,4-7,9-10H2. The van der Waals surface area contributed by atoms with Gasteiger partial charge < -0.3 is 5.32 Å². The van der Waals surface area contributed by atoms with E-state index in [1.165, 1.54) is 12.1 Å². The van der Waals surface area contributed by atoms with E-state index in [2.05, 4.69) is 26.1 Å². The number of nitrogens with zero attached hydrogens (tertiary/aromatic N) is 1. The minimum atomic E-state index is -0.301. The Bertz CT molecular complexity index is 445. The molecule has 0 amide bonds. The quantitative estimate of drug-likeness (QED) is 0.917. The molecule has 0 saturated carbocycles. The predicted octanol–water partition coefficient (Wildman–Crippen LogP) is 2.00. The number of halogens is 2. The van der Waals surface area contributed by atoms with Gasteiger partial charge in [0.25, 0.3) is 0 Å². The Morgan fingerprint density at radius 2 is 2.21 bits per heavy atom. The Morgan fingerprint density at radius 1 is 1.37 bits per heavy atom. The van der Waals surface area contributed by atoms with E-state index in [0.717, 1.165) is 42.6 Å². The van der Waals surface area contributed by atoms with E-state index in [1.807, 2.05) is 0 Å². The predicted molar refractivity (Wildman–Crippen MR) is 76.7 cm³/mol. The van der Waals surface area contributed by atoms with Gasteiger partial charge in [-0.3, -0.25) is 9.69 Å². The molecule has 1 heterocycles. The van der Waals surface area contributed by atoms with Crippen molar-refractivity contribution in [1.29, 1.82) is 0 Å². The zero-order valence-electron chi connectivity index (χ0n) is 10.8. The van der Waals surface area contributed by atoms with Crippen LogP contribution < -0.4 is 5.32 Å². The smallest absolute Gasteiger partial charge is 0.151 e. The lowest BCUT2D eigenvalue weighted by molar-refractivity contribution is -0.119. The van der Waals surface area contributed by atoms with Crippen molar-refractivity contribution >= 4 is 21.7 Å². The molecular formula is C14H18BrFN2O. The molecule has 0 spiro atoms. The number of hydrogen-bond acceptors (Lipinski definition) is 3. The summed E-state index contributed by atoms with van der Waals surface area (Å²) in [6.07, 6.45) is 1.35. The fraction of sp³-hybridized carbons (Fsp3) is 0.500. The number of carbonyl (C=O) groups is 1. The van der Waals surface area contributed by atoms with Crippen molar-refractivity contribution in [2.75, 3.05) is 32.7 Å². The summed E-state index contributed by atoms with van der Waals surface area (Å²) in [6, 6.07) is 4.46. The second-order valence-corrected chi connectivity index (χ2v) is 5.69. The fourth-order valence-electron chi connectivity index (χ4n) is 2.26. The minimum absolute atomic E-state index is 0.133. The molecule has 1 aromatic rings. The van der Waals surface area contributed by atoms with E-state index < -0.39 is 0 Å². The summed E-state index contributed by atoms with van der Waals surface area (Å²) < 4.78 is 14.0. The molecule has 1 fully saturated rings. The third-order valence-corrected chi connectivity index (χ3v) is 4.00. The molecule has 5 heteroatoms. The Kier molecular flexibility index (Phi) is 5.48. The van der Waals surface area contributed by atoms with Crippen LogP contribution in [0.5, 0.6) is 0 Å². The van der Waals surface area contributed by atoms with E-state index in [1.54, 1.807) is 6.07 Å². The van der Waals surface area contributed by atoms with Crippen LogP contribution in [0, 0.1) is 5.82 Å². The highest BCUT2D eigenvalue weighted by Crippen LogP contribution is 2.18. The van der Waals surface area contributed by atoms with Crippen molar-refractivity contribution in [1.82, 2.24) is 10.2 Å². The summed E-state index contributed by atoms with van der Waals surface area (Å²) in [7, 11) is 0. The van der Waals surface area contributed by atoms with Crippen molar-refractivity contribution < 1.29 is 9.18 Å². The second-order valence-electron chi connectivity index (χ2n) is 4.83. The van der Waals surface area contributed by atoms with Crippen molar-refractivity contribution in [2.45, 2.75) is 12.8 Å². The molecule has 0 aromatic heterocycles. The van der Waals surface area contributed by atoms with Crippen LogP contribution >= 0.6 is 15.9 Å². The largest absolute Gasteiger partial charge is 0.315 e. The van der Waals surface area contributed by atoms with Crippen LogP contribution in [-0.2, 0) is 11.2 Å². The molecule has 1 saturated heterocycles. The number of nitrogens with one attached hydrogen (secondary N) is 1. The van der Waals surface area contributed by atoms with Crippen LogP contribution in [0.3, 0.4) is 0 Å². The maximum Gasteiger partial charge on any atom is 0.151 e. The highest BCUT2D eigenvalue weighted by Gasteiger charge is 2.14. The molecular weight excluding hydrogens is 311 g/mol. The topological polar surface area (TPSA) is 32.3 Å². The minimum Gasteiger partial charge on any atom is -0.315 e. The van der Waals surface area contributed by atoms with Crippen molar-refractivity contribution in [3.63, 3.8) is 0 Å². The maximum atomic E-state index is 13.2. The zero-order chi connectivity index (χ0) is 13.7. The molecule has 1 N–H and O–H groups in total. The van der Waals surface area contributed by atoms with Crippen LogP contribution in [-0.4, -0.2) is 43.4 Å². The third kappa shape index (κ3) is 4.67. The number of hydrogen-bond donors (Lipinski definition) is 1. The summed E-state index contributed by atoms with van der Waals surface area (Å²) in [5, 5.41) is 3.31. The van der Waals surface area contributed by atoms with Gasteiger partial charge in [-0.2, -0.15) is 0 Å². The van der Waals surface area contributed by atoms with Gasteiger partial charge in [-0.05, 0) is 43.3 Å². The zero-order valence-corrected chi connectivity index (χ0v) is 12.4. The van der Waals surface area contributed by atoms with E-state index in [0.29, 0.717) is 6.54 Å². The molecule has 1 aliphatic rings. The van der Waals surface area contributed by atoms with Gasteiger partial charge in [0.05, 0.1) is 6.54 Å². The van der Waals surface area contributed by atoms with Gasteiger partial charge in [0.1, 0.15) is 5.82 Å². The maximum absolute atomic E-state index is 13.2. The van der Waals surface area contributed by atoms with Gasteiger partial charge in [0.2, 0.25) is 0 Å². The van der Waals surface area contributed by atoms with E-state index in [4.69, 9.17) is 0 Å². The summed E-state index contributed by atoms with van der Waals surface area (Å²) in [6.45, 7) is 4.24. The fourth-order valence-corrected chi connectivity index (χ4v) is 2.64. The highest BCUT2D eigenvalue weighted by atomic mass is 79.9. The number of ketones is 1. The molecule has 0 bridgehead atoms. The van der Waals surface area contributed by atoms with Crippen LogP contribution in [0.25, 0.3) is 0 Å². The lowest BCUT2D eigenvalue weighted by atomic mass is 10.1. The molecule has 0 aliphatic carbocycles. The van der Waals surface area contributed by atoms with E-state index in [-0.39, 0.29) is 18.0 Å². The van der Waals surface area contributed by atoms with Crippen molar-refractivity contribution in [2.24, 2.45) is 0 Å². The Hall–Kier alpha value is -0.780. The Balaban J connectivity index is 1.91. The normalized spacial score (nSPS) is 17.2. The van der Waals surface area contributed by atoms with Gasteiger partial charge in [0, 0.05) is 24.0 Å². The third-order valence-electron chi connectivity index (χ3n) is 3.23. The summed E-state index contributed by atoms with van der Waals surface area (Å²) >= 11 is 3.35. The van der Waals surface area contributed by atoms with Crippen molar-refractivity contribution in [3.8, 4) is 0 Å². The highest BCUT2D eigenvalue weighted by molar-refractivity contribution is 9.10. The van der Waals surface area contributed by atoms with E-state index >= 15 is 0 Å². The second kappa shape index (κ2) is 7.12. The molecule has 0 atom stereocenters. The van der Waals surface area contributed by atoms with Gasteiger partial charge in [0.15, 0.2) is 5.78 Å². The monoisotopic (exact) mass is 328 g/mol. The average Bonchev–Trinajstić information content (AvgIpc) is 2.62. The SMILES string of the molecule is O=C(Cc1cc(F)ccc1Br)CN1CCCNCC1. The summed E-state index contributed by atoms with van der Waals surface area (Å²) in [4.78, 5) is 14.2.